The molecular formula is C14H18BF3N2O3. The quantitative estimate of drug-likeness (QED) is 0.748. The van der Waals surface area contributed by atoms with Crippen LogP contribution in [0.3, 0.4) is 0 Å². The molecule has 0 aliphatic rings. The van der Waals surface area contributed by atoms with Crippen LogP contribution in [0.5, 0.6) is 0 Å². The summed E-state index contributed by atoms with van der Waals surface area (Å²) < 4.78 is 44.4. The van der Waals surface area contributed by atoms with Crippen molar-refractivity contribution >= 4 is 23.5 Å². The molecule has 5 nitrogen and oxygen atoms in total. The topological polar surface area (TPSA) is 78.4 Å². The van der Waals surface area contributed by atoms with Gasteiger partial charge < -0.3 is 14.8 Å². The first-order chi connectivity index (χ1) is 10.3. The predicted octanol–water partition coefficient (Wildman–Crippen LogP) is 1.84. The van der Waals surface area contributed by atoms with E-state index in [1.54, 1.807) is 13.8 Å². The van der Waals surface area contributed by atoms with E-state index in [0.717, 1.165) is 12.1 Å². The first-order valence-corrected chi connectivity index (χ1v) is 6.96. The van der Waals surface area contributed by atoms with E-state index in [1.165, 1.54) is 20.0 Å². The van der Waals surface area contributed by atoms with E-state index in [2.05, 4.69) is 10.2 Å². The molecule has 3 N–H and O–H groups in total. The van der Waals surface area contributed by atoms with Gasteiger partial charge in [0.05, 0.1) is 28.5 Å². The Labute approximate surface area is 131 Å². The summed E-state index contributed by atoms with van der Waals surface area (Å²) in [5, 5.41) is 26.4. The number of nitrogens with zero attached hydrogens (tertiary/aromatic N) is 1. The minimum absolute atomic E-state index is 0.110. The van der Waals surface area contributed by atoms with E-state index >= 15 is 0 Å². The summed E-state index contributed by atoms with van der Waals surface area (Å²) >= 11 is 0. The van der Waals surface area contributed by atoms with Crippen molar-refractivity contribution in [2.75, 3.05) is 0 Å². The Morgan fingerprint density at radius 2 is 1.78 bits per heavy atom. The molecule has 23 heavy (non-hydrogen) atoms. The third-order valence-corrected chi connectivity index (χ3v) is 4.10. The number of H-pyrrole nitrogens is 1. The van der Waals surface area contributed by atoms with E-state index in [9.17, 15) is 23.3 Å². The second-order valence-corrected chi connectivity index (χ2v) is 6.40. The molecule has 0 saturated heterocycles. The van der Waals surface area contributed by atoms with Crippen molar-refractivity contribution in [2.24, 2.45) is 0 Å². The lowest BCUT2D eigenvalue weighted by atomic mass is 9.74. The van der Waals surface area contributed by atoms with Crippen LogP contribution in [0.4, 0.5) is 13.2 Å². The van der Waals surface area contributed by atoms with Gasteiger partial charge in [-0.1, -0.05) is 6.07 Å². The molecule has 0 atom stereocenters. The van der Waals surface area contributed by atoms with Gasteiger partial charge in [-0.15, -0.1) is 0 Å². The van der Waals surface area contributed by atoms with Gasteiger partial charge in [0.15, 0.2) is 0 Å². The molecular weight excluding hydrogens is 312 g/mol. The smallest absolute Gasteiger partial charge is 0.423 e. The predicted molar refractivity (Wildman–Crippen MR) is 80.2 cm³/mol. The summed E-state index contributed by atoms with van der Waals surface area (Å²) in [5.74, 6) is 0. The molecule has 0 aliphatic heterocycles. The van der Waals surface area contributed by atoms with Gasteiger partial charge in [-0.25, -0.2) is 0 Å². The van der Waals surface area contributed by atoms with Gasteiger partial charge in [0.2, 0.25) is 0 Å². The zero-order valence-electron chi connectivity index (χ0n) is 13.2. The van der Waals surface area contributed by atoms with Gasteiger partial charge in [-0.05, 0) is 39.2 Å². The highest BCUT2D eigenvalue weighted by Crippen LogP contribution is 2.33. The Bertz CT molecular complexity index is 707. The van der Waals surface area contributed by atoms with Crippen LogP contribution in [-0.4, -0.2) is 38.6 Å². The van der Waals surface area contributed by atoms with E-state index in [0.29, 0.717) is 0 Å². The fourth-order valence-corrected chi connectivity index (χ4v) is 1.99. The number of alkyl halides is 3. The first kappa shape index (κ1) is 17.8. The number of aromatic amines is 1. The molecule has 1 aromatic carbocycles. The molecule has 126 valence electrons. The molecule has 2 aromatic rings. The van der Waals surface area contributed by atoms with E-state index < -0.39 is 30.1 Å². The van der Waals surface area contributed by atoms with E-state index in [-0.39, 0.29) is 16.4 Å². The number of nitrogens with one attached hydrogen (secondary N) is 1. The van der Waals surface area contributed by atoms with E-state index in [1.807, 2.05) is 0 Å². The number of aliphatic hydroxyl groups is 1. The number of aromatic nitrogens is 2. The Balaban J connectivity index is 2.44. The van der Waals surface area contributed by atoms with Crippen molar-refractivity contribution in [3.8, 4) is 0 Å². The molecule has 0 amide bonds. The standard InChI is InChI=1S/C14H18BF3N2O3/c1-12(2,21)13(3,4)23-15(22)10-6-5-9(14(16,17)18)11-8(10)7-19-20-11/h5-7,21-22H,1-4H3,(H,19,20). The summed E-state index contributed by atoms with van der Waals surface area (Å²) in [6, 6.07) is 2.01. The number of benzene rings is 1. The lowest BCUT2D eigenvalue weighted by Crippen LogP contribution is -2.53. The normalized spacial score (nSPS) is 13.6. The second kappa shape index (κ2) is 5.50. The summed E-state index contributed by atoms with van der Waals surface area (Å²) in [4.78, 5) is 0. The van der Waals surface area contributed by atoms with Gasteiger partial charge in [0.25, 0.3) is 0 Å². The molecule has 9 heteroatoms. The van der Waals surface area contributed by atoms with Gasteiger partial charge in [0.1, 0.15) is 0 Å². The zero-order chi connectivity index (χ0) is 17.6. The minimum atomic E-state index is -4.54. The Morgan fingerprint density at radius 3 is 2.30 bits per heavy atom. The largest absolute Gasteiger partial charge is 0.492 e. The van der Waals surface area contributed by atoms with Gasteiger partial charge in [0, 0.05) is 5.39 Å². The van der Waals surface area contributed by atoms with Crippen LogP contribution in [0.15, 0.2) is 18.3 Å². The highest BCUT2D eigenvalue weighted by molar-refractivity contribution is 6.63. The minimum Gasteiger partial charge on any atom is -0.423 e. The van der Waals surface area contributed by atoms with Crippen molar-refractivity contribution in [1.82, 2.24) is 10.2 Å². The molecule has 0 spiro atoms. The number of hydrogen-bond acceptors (Lipinski definition) is 4. The molecule has 0 radical (unpaired) electrons. The maximum Gasteiger partial charge on any atom is 0.492 e. The first-order valence-electron chi connectivity index (χ1n) is 6.96. The highest BCUT2D eigenvalue weighted by Gasteiger charge is 2.41. The van der Waals surface area contributed by atoms with Crippen molar-refractivity contribution < 1.29 is 28.0 Å². The monoisotopic (exact) mass is 330 g/mol. The SMILES string of the molecule is CC(C)(O)C(C)(C)OB(O)c1ccc(C(F)(F)F)c2[nH]ncc12. The maximum absolute atomic E-state index is 13.0. The average molecular weight is 330 g/mol. The summed E-state index contributed by atoms with van der Waals surface area (Å²) in [5.41, 5.74) is -3.36. The number of hydrogen-bond donors (Lipinski definition) is 3. The summed E-state index contributed by atoms with van der Waals surface area (Å²) in [6.07, 6.45) is -3.34. The van der Waals surface area contributed by atoms with Crippen molar-refractivity contribution in [3.05, 3.63) is 23.9 Å². The molecule has 1 aromatic heterocycles. The van der Waals surface area contributed by atoms with Crippen LogP contribution in [0.25, 0.3) is 10.9 Å². The Hall–Kier alpha value is -1.58. The van der Waals surface area contributed by atoms with Crippen molar-refractivity contribution in [1.29, 1.82) is 0 Å². The highest BCUT2D eigenvalue weighted by atomic mass is 19.4. The Morgan fingerprint density at radius 1 is 1.17 bits per heavy atom. The molecule has 1 heterocycles. The molecule has 0 unspecified atom stereocenters. The number of rotatable bonds is 4. The molecule has 0 bridgehead atoms. The summed E-state index contributed by atoms with van der Waals surface area (Å²) in [7, 11) is -1.51. The fraction of sp³-hybridized carbons (Fsp3) is 0.500. The zero-order valence-corrected chi connectivity index (χ0v) is 13.2. The van der Waals surface area contributed by atoms with Crippen LogP contribution in [0, 0.1) is 0 Å². The maximum atomic E-state index is 13.0. The van der Waals surface area contributed by atoms with Crippen LogP contribution in [0.1, 0.15) is 33.3 Å². The van der Waals surface area contributed by atoms with E-state index in [4.69, 9.17) is 4.65 Å². The molecule has 0 saturated carbocycles. The van der Waals surface area contributed by atoms with Gasteiger partial charge in [-0.2, -0.15) is 18.3 Å². The van der Waals surface area contributed by atoms with Crippen LogP contribution >= 0.6 is 0 Å². The Kier molecular flexibility index (Phi) is 4.25. The molecule has 0 fully saturated rings. The summed E-state index contributed by atoms with van der Waals surface area (Å²) in [6.45, 7) is 6.18. The lowest BCUT2D eigenvalue weighted by molar-refractivity contribution is -0.136. The number of fused-ring (bicyclic) bond motifs is 1. The molecule has 2 rings (SSSR count). The number of halogens is 3. The van der Waals surface area contributed by atoms with Crippen molar-refractivity contribution in [2.45, 2.75) is 45.1 Å². The molecule has 0 aliphatic carbocycles. The van der Waals surface area contributed by atoms with Crippen LogP contribution in [0.2, 0.25) is 0 Å². The fourth-order valence-electron chi connectivity index (χ4n) is 1.99. The van der Waals surface area contributed by atoms with Gasteiger partial charge in [-0.3, -0.25) is 5.10 Å². The van der Waals surface area contributed by atoms with Crippen LogP contribution in [-0.2, 0) is 10.8 Å². The third kappa shape index (κ3) is 3.36. The lowest BCUT2D eigenvalue weighted by Gasteiger charge is -2.38. The van der Waals surface area contributed by atoms with Crippen LogP contribution < -0.4 is 5.46 Å². The van der Waals surface area contributed by atoms with Crippen molar-refractivity contribution in [3.63, 3.8) is 0 Å². The second-order valence-electron chi connectivity index (χ2n) is 6.40. The third-order valence-electron chi connectivity index (χ3n) is 4.10. The average Bonchev–Trinajstić information content (AvgIpc) is 2.82. The van der Waals surface area contributed by atoms with Gasteiger partial charge >= 0.3 is 13.3 Å².